The van der Waals surface area contributed by atoms with Crippen LogP contribution in [-0.4, -0.2) is 49.1 Å². The Kier molecular flexibility index (Phi) is 6.14. The van der Waals surface area contributed by atoms with Gasteiger partial charge < -0.3 is 19.1 Å². The number of hydrogen-bond acceptors (Lipinski definition) is 5. The van der Waals surface area contributed by atoms with Crippen molar-refractivity contribution in [2.24, 2.45) is 5.92 Å². The lowest BCUT2D eigenvalue weighted by molar-refractivity contribution is -0.135. The van der Waals surface area contributed by atoms with E-state index in [2.05, 4.69) is 0 Å². The summed E-state index contributed by atoms with van der Waals surface area (Å²) >= 11 is 0. The maximum atomic E-state index is 13.5. The number of nitrogens with zero attached hydrogens (tertiary/aromatic N) is 1. The maximum Gasteiger partial charge on any atom is 0.290 e. The highest BCUT2D eigenvalue weighted by molar-refractivity contribution is 6.11. The van der Waals surface area contributed by atoms with Crippen LogP contribution in [0.15, 0.2) is 35.6 Å². The Bertz CT molecular complexity index is 846. The van der Waals surface area contributed by atoms with Gasteiger partial charge in [-0.1, -0.05) is 18.6 Å². The summed E-state index contributed by atoms with van der Waals surface area (Å²) in [6, 6.07) is 7.19. The standard InChI is InChI=1S/C24H31NO5/c1-15(2)29-13-7-12-25-21(16-8-6-9-17(14-16)28-3)20-22(26)18-10-4-5-11-19(18)30-23(20)24(25)27/h6,8-9,14-15,18-19,21H,4-5,7,10-13H2,1-3H3. The summed E-state index contributed by atoms with van der Waals surface area (Å²) in [6.07, 6.45) is 4.44. The van der Waals surface area contributed by atoms with Gasteiger partial charge in [0.05, 0.1) is 30.7 Å². The molecule has 3 aliphatic rings. The lowest BCUT2D eigenvalue weighted by atomic mass is 9.77. The lowest BCUT2D eigenvalue weighted by Crippen LogP contribution is -2.39. The number of benzene rings is 1. The minimum absolute atomic E-state index is 0.0862. The quantitative estimate of drug-likeness (QED) is 0.636. The molecule has 1 fully saturated rings. The highest BCUT2D eigenvalue weighted by atomic mass is 16.5. The fourth-order valence-corrected chi connectivity index (χ4v) is 4.84. The zero-order valence-corrected chi connectivity index (χ0v) is 18.1. The first-order chi connectivity index (χ1) is 14.5. The van der Waals surface area contributed by atoms with E-state index >= 15 is 0 Å². The largest absolute Gasteiger partial charge is 0.497 e. The molecular weight excluding hydrogens is 382 g/mol. The van der Waals surface area contributed by atoms with Crippen molar-refractivity contribution in [2.75, 3.05) is 20.3 Å². The van der Waals surface area contributed by atoms with Gasteiger partial charge in [0.25, 0.3) is 5.91 Å². The molecule has 162 valence electrons. The second-order valence-corrected chi connectivity index (χ2v) is 8.61. The molecule has 0 radical (unpaired) electrons. The number of fused-ring (bicyclic) bond motifs is 1. The first-order valence-electron chi connectivity index (χ1n) is 11.0. The molecule has 0 N–H and O–H groups in total. The molecule has 3 atom stereocenters. The van der Waals surface area contributed by atoms with E-state index in [0.717, 1.165) is 31.2 Å². The Labute approximate surface area is 178 Å². The van der Waals surface area contributed by atoms with Crippen LogP contribution in [0, 0.1) is 5.92 Å². The molecule has 30 heavy (non-hydrogen) atoms. The number of ketones is 1. The van der Waals surface area contributed by atoms with Gasteiger partial charge in [-0.15, -0.1) is 0 Å². The summed E-state index contributed by atoms with van der Waals surface area (Å²) in [7, 11) is 1.62. The first kappa shape index (κ1) is 20.9. The molecule has 2 aliphatic heterocycles. The lowest BCUT2D eigenvalue weighted by Gasteiger charge is -2.35. The topological polar surface area (TPSA) is 65.1 Å². The van der Waals surface area contributed by atoms with Gasteiger partial charge in [-0.05, 0) is 57.2 Å². The van der Waals surface area contributed by atoms with Crippen LogP contribution < -0.4 is 4.74 Å². The molecule has 2 heterocycles. The molecular formula is C24H31NO5. The highest BCUT2D eigenvalue weighted by Crippen LogP contribution is 2.47. The van der Waals surface area contributed by atoms with Gasteiger partial charge in [-0.25, -0.2) is 0 Å². The van der Waals surface area contributed by atoms with Gasteiger partial charge in [0, 0.05) is 13.2 Å². The Morgan fingerprint density at radius 3 is 2.77 bits per heavy atom. The van der Waals surface area contributed by atoms with E-state index in [0.29, 0.717) is 30.9 Å². The van der Waals surface area contributed by atoms with E-state index in [-0.39, 0.29) is 35.6 Å². The van der Waals surface area contributed by atoms with E-state index in [1.165, 1.54) is 0 Å². The van der Waals surface area contributed by atoms with Crippen molar-refractivity contribution in [2.45, 2.75) is 64.2 Å². The molecule has 0 spiro atoms. The highest BCUT2D eigenvalue weighted by Gasteiger charge is 2.51. The van der Waals surface area contributed by atoms with Crippen molar-refractivity contribution in [3.63, 3.8) is 0 Å². The van der Waals surface area contributed by atoms with Crippen LogP contribution in [0.25, 0.3) is 0 Å². The Hall–Kier alpha value is -2.34. The zero-order chi connectivity index (χ0) is 21.3. The normalized spacial score (nSPS) is 26.0. The molecule has 4 rings (SSSR count). The van der Waals surface area contributed by atoms with E-state index < -0.39 is 6.04 Å². The van der Waals surface area contributed by atoms with Crippen LogP contribution in [-0.2, 0) is 19.1 Å². The molecule has 3 unspecified atom stereocenters. The maximum absolute atomic E-state index is 13.5. The van der Waals surface area contributed by atoms with Crippen molar-refractivity contribution < 1.29 is 23.8 Å². The minimum atomic E-state index is -0.433. The summed E-state index contributed by atoms with van der Waals surface area (Å²) in [5.41, 5.74) is 1.41. The number of methoxy groups -OCH3 is 1. The van der Waals surface area contributed by atoms with Gasteiger partial charge in [0.2, 0.25) is 0 Å². The molecule has 1 amide bonds. The first-order valence-corrected chi connectivity index (χ1v) is 11.0. The number of carbonyl (C=O) groups excluding carboxylic acids is 2. The summed E-state index contributed by atoms with van der Waals surface area (Å²) < 4.78 is 17.2. The van der Waals surface area contributed by atoms with Crippen LogP contribution in [0.2, 0.25) is 0 Å². The fourth-order valence-electron chi connectivity index (χ4n) is 4.84. The molecule has 6 nitrogen and oxygen atoms in total. The molecule has 1 aliphatic carbocycles. The minimum Gasteiger partial charge on any atom is -0.497 e. The Balaban J connectivity index is 1.67. The van der Waals surface area contributed by atoms with Crippen LogP contribution >= 0.6 is 0 Å². The molecule has 1 saturated carbocycles. The third kappa shape index (κ3) is 3.85. The summed E-state index contributed by atoms with van der Waals surface area (Å²) in [5, 5.41) is 0. The Morgan fingerprint density at radius 1 is 1.20 bits per heavy atom. The summed E-state index contributed by atoms with van der Waals surface area (Å²) in [6.45, 7) is 5.06. The van der Waals surface area contributed by atoms with Crippen molar-refractivity contribution >= 4 is 11.7 Å². The molecule has 0 saturated heterocycles. The van der Waals surface area contributed by atoms with Gasteiger partial charge >= 0.3 is 0 Å². The molecule has 6 heteroatoms. The van der Waals surface area contributed by atoms with E-state index in [1.54, 1.807) is 12.0 Å². The van der Waals surface area contributed by atoms with Crippen LogP contribution in [0.3, 0.4) is 0 Å². The monoisotopic (exact) mass is 413 g/mol. The predicted molar refractivity (Wildman–Crippen MR) is 112 cm³/mol. The number of hydrogen-bond donors (Lipinski definition) is 0. The summed E-state index contributed by atoms with van der Waals surface area (Å²) in [5.74, 6) is 0.739. The van der Waals surface area contributed by atoms with Gasteiger partial charge in [-0.3, -0.25) is 9.59 Å². The van der Waals surface area contributed by atoms with E-state index in [9.17, 15) is 9.59 Å². The molecule has 0 bridgehead atoms. The van der Waals surface area contributed by atoms with Crippen LogP contribution in [0.5, 0.6) is 5.75 Å². The zero-order valence-electron chi connectivity index (χ0n) is 18.1. The second-order valence-electron chi connectivity index (χ2n) is 8.61. The summed E-state index contributed by atoms with van der Waals surface area (Å²) in [4.78, 5) is 28.6. The van der Waals surface area contributed by atoms with Crippen LogP contribution in [0.1, 0.15) is 57.6 Å². The SMILES string of the molecule is COc1cccc(C2C3=C(OC4CCCCC4C3=O)C(=O)N2CCCOC(C)C)c1. The Morgan fingerprint density at radius 2 is 2.00 bits per heavy atom. The smallest absolute Gasteiger partial charge is 0.290 e. The number of rotatable bonds is 7. The van der Waals surface area contributed by atoms with Gasteiger partial charge in [0.15, 0.2) is 11.5 Å². The van der Waals surface area contributed by atoms with Crippen molar-refractivity contribution in [3.8, 4) is 5.75 Å². The number of ether oxygens (including phenoxy) is 3. The third-order valence-corrected chi connectivity index (χ3v) is 6.26. The van der Waals surface area contributed by atoms with E-state index in [4.69, 9.17) is 14.2 Å². The average molecular weight is 414 g/mol. The third-order valence-electron chi connectivity index (χ3n) is 6.26. The molecule has 0 aromatic heterocycles. The van der Waals surface area contributed by atoms with Crippen molar-refractivity contribution in [1.82, 2.24) is 4.90 Å². The van der Waals surface area contributed by atoms with Crippen molar-refractivity contribution in [1.29, 1.82) is 0 Å². The van der Waals surface area contributed by atoms with Gasteiger partial charge in [0.1, 0.15) is 11.9 Å². The fraction of sp³-hybridized carbons (Fsp3) is 0.583. The van der Waals surface area contributed by atoms with Crippen molar-refractivity contribution in [3.05, 3.63) is 41.2 Å². The predicted octanol–water partition coefficient (Wildman–Crippen LogP) is 3.81. The molecule has 1 aromatic carbocycles. The van der Waals surface area contributed by atoms with Gasteiger partial charge in [-0.2, -0.15) is 0 Å². The number of Topliss-reactive ketones (excluding diaryl/α,β-unsaturated/α-hetero) is 1. The number of carbonyl (C=O) groups is 2. The average Bonchev–Trinajstić information content (AvgIpc) is 3.03. The number of amides is 1. The molecule has 1 aromatic rings. The van der Waals surface area contributed by atoms with Crippen LogP contribution in [0.4, 0.5) is 0 Å². The second kappa shape index (κ2) is 8.80. The van der Waals surface area contributed by atoms with E-state index in [1.807, 2.05) is 38.1 Å².